The second-order valence-corrected chi connectivity index (χ2v) is 9.40. The van der Waals surface area contributed by atoms with Crippen LogP contribution in [0, 0.1) is 0 Å². The Kier molecular flexibility index (Phi) is 9.22. The monoisotopic (exact) mass is 545 g/mol. The number of halogens is 3. The lowest BCUT2D eigenvalue weighted by molar-refractivity contribution is -0.137. The molecular weight excluding hydrogens is 515 g/mol. The summed E-state index contributed by atoms with van der Waals surface area (Å²) < 4.78 is 41.5. The zero-order valence-corrected chi connectivity index (χ0v) is 21.9. The van der Waals surface area contributed by atoms with Gasteiger partial charge in [0.1, 0.15) is 6.54 Å². The van der Waals surface area contributed by atoms with Gasteiger partial charge in [-0.2, -0.15) is 13.2 Å². The van der Waals surface area contributed by atoms with Crippen molar-refractivity contribution in [1.82, 2.24) is 14.4 Å². The highest BCUT2D eigenvalue weighted by Gasteiger charge is 2.30. The summed E-state index contributed by atoms with van der Waals surface area (Å²) in [6, 6.07) is 27.1. The van der Waals surface area contributed by atoms with Crippen molar-refractivity contribution in [2.24, 2.45) is 0 Å². The van der Waals surface area contributed by atoms with Gasteiger partial charge in [-0.15, -0.1) is 6.58 Å². The third-order valence-corrected chi connectivity index (χ3v) is 6.44. The molecule has 0 bridgehead atoms. The molecule has 0 spiro atoms. The van der Waals surface area contributed by atoms with E-state index in [0.29, 0.717) is 17.7 Å². The van der Waals surface area contributed by atoms with Crippen LogP contribution in [0.5, 0.6) is 0 Å². The first kappa shape index (κ1) is 28.4. The molecule has 3 aromatic carbocycles. The molecule has 206 valence electrons. The number of alkyl halides is 3. The largest absolute Gasteiger partial charge is 0.416 e. The van der Waals surface area contributed by atoms with Crippen molar-refractivity contribution < 1.29 is 22.8 Å². The quantitative estimate of drug-likeness (QED) is 0.205. The van der Waals surface area contributed by atoms with Gasteiger partial charge in [-0.3, -0.25) is 9.59 Å². The van der Waals surface area contributed by atoms with Crippen LogP contribution in [0.1, 0.15) is 32.7 Å². The van der Waals surface area contributed by atoms with Crippen LogP contribution >= 0.6 is 0 Å². The molecule has 8 heteroatoms. The molecule has 40 heavy (non-hydrogen) atoms. The maximum absolute atomic E-state index is 13.7. The van der Waals surface area contributed by atoms with E-state index < -0.39 is 11.7 Å². The van der Waals surface area contributed by atoms with E-state index in [4.69, 9.17) is 0 Å². The van der Waals surface area contributed by atoms with Crippen molar-refractivity contribution in [1.29, 1.82) is 0 Å². The first-order valence-electron chi connectivity index (χ1n) is 12.8. The van der Waals surface area contributed by atoms with Crippen LogP contribution in [-0.4, -0.2) is 39.3 Å². The van der Waals surface area contributed by atoms with E-state index in [9.17, 15) is 22.8 Å². The van der Waals surface area contributed by atoms with E-state index in [1.165, 1.54) is 11.0 Å². The molecule has 0 aliphatic rings. The molecule has 0 aliphatic heterocycles. The van der Waals surface area contributed by atoms with Gasteiger partial charge < -0.3 is 14.4 Å². The maximum atomic E-state index is 13.7. The van der Waals surface area contributed by atoms with E-state index in [-0.39, 0.29) is 38.0 Å². The van der Waals surface area contributed by atoms with E-state index in [1.54, 1.807) is 53.6 Å². The minimum Gasteiger partial charge on any atom is -0.345 e. The molecule has 0 saturated heterocycles. The Bertz CT molecular complexity index is 1430. The van der Waals surface area contributed by atoms with Crippen LogP contribution in [0.4, 0.5) is 13.2 Å². The molecule has 0 fully saturated rings. The number of benzene rings is 3. The summed E-state index contributed by atoms with van der Waals surface area (Å²) in [5, 5.41) is 0. The molecule has 0 saturated carbocycles. The average Bonchev–Trinajstić information content (AvgIpc) is 3.39. The van der Waals surface area contributed by atoms with Gasteiger partial charge in [0.2, 0.25) is 5.91 Å². The van der Waals surface area contributed by atoms with Gasteiger partial charge in [0.25, 0.3) is 5.91 Å². The number of carbonyl (C=O) groups is 2. The number of carbonyl (C=O) groups excluding carboxylic acids is 2. The zero-order valence-electron chi connectivity index (χ0n) is 21.9. The first-order valence-corrected chi connectivity index (χ1v) is 12.8. The minimum atomic E-state index is -4.43. The Balaban J connectivity index is 1.57. The predicted octanol–water partition coefficient (Wildman–Crippen LogP) is 6.41. The van der Waals surface area contributed by atoms with Crippen molar-refractivity contribution in [2.75, 3.05) is 13.1 Å². The Morgan fingerprint density at radius 1 is 0.800 bits per heavy atom. The average molecular weight is 546 g/mol. The number of aromatic nitrogens is 1. The standard InChI is InChI=1S/C32H30F3N3O2/c1-2-18-37(31(40)27-14-7-4-8-15-27)24-30(39)38(21-25-11-5-3-6-12-25)23-29-17-10-19-36(29)22-26-13-9-16-28(20-26)32(33,34)35/h2-17,19-20H,1,18,21-24H2. The van der Waals surface area contributed by atoms with Crippen LogP contribution in [0.3, 0.4) is 0 Å². The fourth-order valence-electron chi connectivity index (χ4n) is 4.42. The summed E-state index contributed by atoms with van der Waals surface area (Å²) in [5.41, 5.74) is 1.94. The second kappa shape index (κ2) is 13.0. The lowest BCUT2D eigenvalue weighted by Crippen LogP contribution is -2.42. The Morgan fingerprint density at radius 2 is 1.48 bits per heavy atom. The maximum Gasteiger partial charge on any atom is 0.416 e. The summed E-state index contributed by atoms with van der Waals surface area (Å²) in [4.78, 5) is 29.9. The van der Waals surface area contributed by atoms with E-state index in [1.807, 2.05) is 47.0 Å². The van der Waals surface area contributed by atoms with E-state index in [0.717, 1.165) is 23.4 Å². The highest BCUT2D eigenvalue weighted by Crippen LogP contribution is 2.29. The Hall–Kier alpha value is -4.59. The van der Waals surface area contributed by atoms with Crippen molar-refractivity contribution in [3.8, 4) is 0 Å². The fourth-order valence-corrected chi connectivity index (χ4v) is 4.42. The van der Waals surface area contributed by atoms with Gasteiger partial charge in [-0.05, 0) is 47.5 Å². The Labute approximate surface area is 231 Å². The summed E-state index contributed by atoms with van der Waals surface area (Å²) in [7, 11) is 0. The molecule has 0 aliphatic carbocycles. The molecule has 4 aromatic rings. The molecule has 1 heterocycles. The number of hydrogen-bond donors (Lipinski definition) is 0. The molecule has 0 unspecified atom stereocenters. The van der Waals surface area contributed by atoms with Crippen LogP contribution in [0.2, 0.25) is 0 Å². The third kappa shape index (κ3) is 7.50. The third-order valence-electron chi connectivity index (χ3n) is 6.44. The van der Waals surface area contributed by atoms with Crippen molar-refractivity contribution in [3.63, 3.8) is 0 Å². The highest BCUT2D eigenvalue weighted by molar-refractivity contribution is 5.96. The van der Waals surface area contributed by atoms with Crippen molar-refractivity contribution in [2.45, 2.75) is 25.8 Å². The van der Waals surface area contributed by atoms with Crippen LogP contribution in [0.25, 0.3) is 0 Å². The van der Waals surface area contributed by atoms with Gasteiger partial charge >= 0.3 is 6.18 Å². The highest BCUT2D eigenvalue weighted by atomic mass is 19.4. The lowest BCUT2D eigenvalue weighted by Gasteiger charge is -2.28. The summed E-state index contributed by atoms with van der Waals surface area (Å²) in [6.45, 7) is 4.51. The van der Waals surface area contributed by atoms with Crippen LogP contribution in [-0.2, 0) is 30.6 Å². The molecule has 1 aromatic heterocycles. The molecule has 0 atom stereocenters. The van der Waals surface area contributed by atoms with Crippen molar-refractivity contribution >= 4 is 11.8 Å². The number of rotatable bonds is 11. The smallest absolute Gasteiger partial charge is 0.345 e. The van der Waals surface area contributed by atoms with Crippen molar-refractivity contribution in [3.05, 3.63) is 144 Å². The molecular formula is C32H30F3N3O2. The summed E-state index contributed by atoms with van der Waals surface area (Å²) in [6.07, 6.45) is -1.07. The predicted molar refractivity (Wildman–Crippen MR) is 148 cm³/mol. The molecule has 0 N–H and O–H groups in total. The van der Waals surface area contributed by atoms with E-state index >= 15 is 0 Å². The number of amides is 2. The fraction of sp³-hybridized carbons (Fsp3) is 0.188. The van der Waals surface area contributed by atoms with Crippen LogP contribution in [0.15, 0.2) is 116 Å². The molecule has 4 rings (SSSR count). The second-order valence-electron chi connectivity index (χ2n) is 9.40. The molecule has 0 radical (unpaired) electrons. The normalized spacial score (nSPS) is 11.2. The van der Waals surface area contributed by atoms with Gasteiger partial charge in [0.15, 0.2) is 0 Å². The summed E-state index contributed by atoms with van der Waals surface area (Å²) in [5.74, 6) is -0.539. The van der Waals surface area contributed by atoms with E-state index in [2.05, 4.69) is 6.58 Å². The number of hydrogen-bond acceptors (Lipinski definition) is 2. The van der Waals surface area contributed by atoms with Gasteiger partial charge in [0.05, 0.1) is 12.1 Å². The number of nitrogens with zero attached hydrogens (tertiary/aromatic N) is 3. The topological polar surface area (TPSA) is 45.6 Å². The SMILES string of the molecule is C=CCN(CC(=O)N(Cc1ccccc1)Cc1cccn1Cc1cccc(C(F)(F)F)c1)C(=O)c1ccccc1. The van der Waals surface area contributed by atoms with Gasteiger partial charge in [-0.1, -0.05) is 66.7 Å². The Morgan fingerprint density at radius 3 is 2.15 bits per heavy atom. The van der Waals surface area contributed by atoms with Gasteiger partial charge in [0, 0.05) is 37.1 Å². The summed E-state index contributed by atoms with van der Waals surface area (Å²) >= 11 is 0. The molecule has 2 amide bonds. The van der Waals surface area contributed by atoms with Crippen LogP contribution < -0.4 is 0 Å². The molecule has 5 nitrogen and oxygen atoms in total. The van der Waals surface area contributed by atoms with Gasteiger partial charge in [-0.25, -0.2) is 0 Å². The lowest BCUT2D eigenvalue weighted by atomic mass is 10.1. The first-order chi connectivity index (χ1) is 19.2. The zero-order chi connectivity index (χ0) is 28.5. The minimum absolute atomic E-state index is 0.152.